The Morgan fingerprint density at radius 3 is 1.91 bits per heavy atom. The first-order chi connectivity index (χ1) is 16.3. The molecule has 2 aliphatic heterocycles. The van der Waals surface area contributed by atoms with Gasteiger partial charge in [0.15, 0.2) is 0 Å². The van der Waals surface area contributed by atoms with Crippen LogP contribution in [0.25, 0.3) is 0 Å². The van der Waals surface area contributed by atoms with Crippen LogP contribution in [0, 0.1) is 0 Å². The maximum absolute atomic E-state index is 6.51. The molecule has 5 atom stereocenters. The molecular weight excluding hydrogens is 415 g/mol. The van der Waals surface area contributed by atoms with Gasteiger partial charge < -0.3 is 23.5 Å². The fourth-order valence-electron chi connectivity index (χ4n) is 4.50. The standard InChI is InChI=1S/C27H29BO5/c1-20-25(29-17-21-11-5-2-6-12-21)27(30-18-22-13-7-3-8-14-22)26-24(32-20)19-31-28(33-26)23-15-9-4-10-16-23/h2-16,20,24-27H,17-19H2,1H3/t20-,24?,25?,26-,27-/m0/s1. The van der Waals surface area contributed by atoms with Crippen LogP contribution in [-0.4, -0.2) is 44.2 Å². The molecule has 5 rings (SSSR count). The molecular formula is C27H29BO5. The van der Waals surface area contributed by atoms with Crippen LogP contribution in [0.5, 0.6) is 0 Å². The first kappa shape index (κ1) is 22.3. The van der Waals surface area contributed by atoms with Gasteiger partial charge in [0.25, 0.3) is 0 Å². The first-order valence-electron chi connectivity index (χ1n) is 11.6. The number of hydrogen-bond acceptors (Lipinski definition) is 5. The average molecular weight is 444 g/mol. The van der Waals surface area contributed by atoms with E-state index < -0.39 is 7.12 Å². The lowest BCUT2D eigenvalue weighted by atomic mass is 9.76. The van der Waals surface area contributed by atoms with Gasteiger partial charge in [0.2, 0.25) is 0 Å². The second-order valence-corrected chi connectivity index (χ2v) is 8.58. The van der Waals surface area contributed by atoms with Crippen LogP contribution in [0.1, 0.15) is 18.1 Å². The summed E-state index contributed by atoms with van der Waals surface area (Å²) in [6.45, 7) is 3.45. The summed E-state index contributed by atoms with van der Waals surface area (Å²) in [4.78, 5) is 0. The van der Waals surface area contributed by atoms with Crippen molar-refractivity contribution in [2.45, 2.75) is 50.7 Å². The summed E-state index contributed by atoms with van der Waals surface area (Å²) in [6.07, 6.45) is -1.24. The van der Waals surface area contributed by atoms with E-state index in [4.69, 9.17) is 23.5 Å². The summed E-state index contributed by atoms with van der Waals surface area (Å²) in [6, 6.07) is 30.3. The zero-order chi connectivity index (χ0) is 22.5. The van der Waals surface area contributed by atoms with E-state index in [-0.39, 0.29) is 30.5 Å². The molecule has 33 heavy (non-hydrogen) atoms. The van der Waals surface area contributed by atoms with Gasteiger partial charge in [-0.25, -0.2) is 0 Å². The Labute approximate surface area is 195 Å². The van der Waals surface area contributed by atoms with Gasteiger partial charge in [0, 0.05) is 0 Å². The Morgan fingerprint density at radius 2 is 1.30 bits per heavy atom. The van der Waals surface area contributed by atoms with Crippen molar-refractivity contribution < 1.29 is 23.5 Å². The van der Waals surface area contributed by atoms with E-state index in [0.29, 0.717) is 19.8 Å². The molecule has 2 fully saturated rings. The lowest BCUT2D eigenvalue weighted by Crippen LogP contribution is -2.65. The van der Waals surface area contributed by atoms with E-state index in [9.17, 15) is 0 Å². The molecule has 0 radical (unpaired) electrons. The summed E-state index contributed by atoms with van der Waals surface area (Å²) in [7, 11) is -0.456. The normalized spacial score (nSPS) is 27.2. The summed E-state index contributed by atoms with van der Waals surface area (Å²) in [5.74, 6) is 0. The highest BCUT2D eigenvalue weighted by Crippen LogP contribution is 2.32. The molecule has 0 N–H and O–H groups in total. The minimum atomic E-state index is -0.456. The first-order valence-corrected chi connectivity index (χ1v) is 11.6. The monoisotopic (exact) mass is 444 g/mol. The van der Waals surface area contributed by atoms with Gasteiger partial charge in [0.1, 0.15) is 24.4 Å². The predicted octanol–water partition coefficient (Wildman–Crippen LogP) is 3.76. The maximum atomic E-state index is 6.51. The highest BCUT2D eigenvalue weighted by Gasteiger charge is 2.50. The van der Waals surface area contributed by atoms with Crippen LogP contribution in [0.15, 0.2) is 91.0 Å². The van der Waals surface area contributed by atoms with E-state index in [1.807, 2.05) is 73.7 Å². The fraction of sp³-hybridized carbons (Fsp3) is 0.333. The van der Waals surface area contributed by atoms with Crippen molar-refractivity contribution in [3.63, 3.8) is 0 Å². The van der Waals surface area contributed by atoms with Crippen molar-refractivity contribution in [2.75, 3.05) is 6.61 Å². The number of ether oxygens (including phenoxy) is 3. The quantitative estimate of drug-likeness (QED) is 0.520. The van der Waals surface area contributed by atoms with Gasteiger partial charge in [-0.1, -0.05) is 91.0 Å². The van der Waals surface area contributed by atoms with Crippen molar-refractivity contribution in [1.29, 1.82) is 0 Å². The van der Waals surface area contributed by atoms with E-state index in [0.717, 1.165) is 16.6 Å². The Morgan fingerprint density at radius 1 is 0.758 bits per heavy atom. The second-order valence-electron chi connectivity index (χ2n) is 8.58. The lowest BCUT2D eigenvalue weighted by Gasteiger charge is -2.48. The van der Waals surface area contributed by atoms with Crippen molar-refractivity contribution in [2.24, 2.45) is 0 Å². The Hall–Kier alpha value is -2.48. The van der Waals surface area contributed by atoms with E-state index in [2.05, 4.69) is 24.3 Å². The molecule has 0 bridgehead atoms. The van der Waals surface area contributed by atoms with Gasteiger partial charge >= 0.3 is 7.12 Å². The molecule has 3 aromatic rings. The maximum Gasteiger partial charge on any atom is 0.494 e. The Balaban J connectivity index is 1.36. The summed E-state index contributed by atoms with van der Waals surface area (Å²) in [5, 5.41) is 0. The van der Waals surface area contributed by atoms with Gasteiger partial charge in [-0.3, -0.25) is 0 Å². The van der Waals surface area contributed by atoms with Crippen LogP contribution in [-0.2, 0) is 36.7 Å². The van der Waals surface area contributed by atoms with Crippen molar-refractivity contribution >= 4 is 12.6 Å². The van der Waals surface area contributed by atoms with Crippen molar-refractivity contribution in [1.82, 2.24) is 0 Å². The Kier molecular flexibility index (Phi) is 7.20. The summed E-state index contributed by atoms with van der Waals surface area (Å²) >= 11 is 0. The lowest BCUT2D eigenvalue weighted by molar-refractivity contribution is -0.259. The molecule has 2 aliphatic rings. The largest absolute Gasteiger partial charge is 0.494 e. The number of hydrogen-bond donors (Lipinski definition) is 0. The number of rotatable bonds is 7. The van der Waals surface area contributed by atoms with E-state index in [1.54, 1.807) is 0 Å². The molecule has 2 unspecified atom stereocenters. The zero-order valence-corrected chi connectivity index (χ0v) is 18.8. The summed E-state index contributed by atoms with van der Waals surface area (Å²) in [5.41, 5.74) is 3.21. The molecule has 0 amide bonds. The number of benzene rings is 3. The third-order valence-electron chi connectivity index (χ3n) is 6.20. The summed E-state index contributed by atoms with van der Waals surface area (Å²) < 4.78 is 31.7. The zero-order valence-electron chi connectivity index (χ0n) is 18.8. The molecule has 0 aliphatic carbocycles. The smallest absolute Gasteiger partial charge is 0.404 e. The minimum absolute atomic E-state index is 0.156. The van der Waals surface area contributed by atoms with E-state index >= 15 is 0 Å². The van der Waals surface area contributed by atoms with Gasteiger partial charge in [0.05, 0.1) is 25.9 Å². The number of fused-ring (bicyclic) bond motifs is 1. The molecule has 2 saturated heterocycles. The van der Waals surface area contributed by atoms with Crippen LogP contribution < -0.4 is 5.46 Å². The van der Waals surface area contributed by atoms with Gasteiger partial charge in [-0.2, -0.15) is 0 Å². The van der Waals surface area contributed by atoms with Crippen molar-refractivity contribution in [3.05, 3.63) is 102 Å². The molecule has 0 saturated carbocycles. The molecule has 5 nitrogen and oxygen atoms in total. The predicted molar refractivity (Wildman–Crippen MR) is 127 cm³/mol. The molecule has 0 aromatic heterocycles. The SMILES string of the molecule is C[C@@H]1OC2COB(c3ccccc3)O[C@@H]2[C@@H](OCc2ccccc2)C1OCc1ccccc1. The topological polar surface area (TPSA) is 46.2 Å². The van der Waals surface area contributed by atoms with Crippen LogP contribution in [0.3, 0.4) is 0 Å². The van der Waals surface area contributed by atoms with Crippen molar-refractivity contribution in [3.8, 4) is 0 Å². The highest BCUT2D eigenvalue weighted by molar-refractivity contribution is 6.61. The fourth-order valence-corrected chi connectivity index (χ4v) is 4.50. The third-order valence-corrected chi connectivity index (χ3v) is 6.20. The highest BCUT2D eigenvalue weighted by atomic mass is 16.7. The molecule has 3 aromatic carbocycles. The second kappa shape index (κ2) is 10.6. The van der Waals surface area contributed by atoms with Gasteiger partial charge in [-0.15, -0.1) is 0 Å². The molecule has 2 heterocycles. The van der Waals surface area contributed by atoms with Gasteiger partial charge in [-0.05, 0) is 23.5 Å². The van der Waals surface area contributed by atoms with Crippen LogP contribution in [0.2, 0.25) is 0 Å². The third kappa shape index (κ3) is 5.37. The van der Waals surface area contributed by atoms with Crippen LogP contribution in [0.4, 0.5) is 0 Å². The van der Waals surface area contributed by atoms with Crippen LogP contribution >= 0.6 is 0 Å². The Bertz CT molecular complexity index is 987. The molecule has 0 spiro atoms. The van der Waals surface area contributed by atoms with E-state index in [1.165, 1.54) is 0 Å². The average Bonchev–Trinajstić information content (AvgIpc) is 2.88. The minimum Gasteiger partial charge on any atom is -0.404 e. The molecule has 170 valence electrons. The molecule has 6 heteroatoms.